The maximum atomic E-state index is 6.01. The quantitative estimate of drug-likeness (QED) is 0.678. The van der Waals surface area contributed by atoms with Crippen LogP contribution >= 0.6 is 11.6 Å². The van der Waals surface area contributed by atoms with Crippen LogP contribution < -0.4 is 0 Å². The molecule has 2 nitrogen and oxygen atoms in total. The highest BCUT2D eigenvalue weighted by atomic mass is 35.5. The van der Waals surface area contributed by atoms with Gasteiger partial charge in [0, 0.05) is 11.8 Å². The maximum Gasteiger partial charge on any atom is 0.0835 e. The van der Waals surface area contributed by atoms with Crippen molar-refractivity contribution < 1.29 is 0 Å². The van der Waals surface area contributed by atoms with Crippen molar-refractivity contribution in [3.8, 4) is 5.69 Å². The lowest BCUT2D eigenvalue weighted by molar-refractivity contribution is 0.847. The Morgan fingerprint density at radius 1 is 1.38 bits per heavy atom. The molecular formula is C10H8ClN2. The summed E-state index contributed by atoms with van der Waals surface area (Å²) in [6.45, 7) is 1.94. The second-order valence-electron chi connectivity index (χ2n) is 2.74. The standard InChI is InChI=1S/C10H8ClN2/c1-8-6-7-12-13(8)10-5-3-2-4-9(10)11/h2-5,7H,1H3. The highest BCUT2D eigenvalue weighted by Crippen LogP contribution is 2.19. The monoisotopic (exact) mass is 191 g/mol. The molecule has 0 N–H and O–H groups in total. The summed E-state index contributed by atoms with van der Waals surface area (Å²) in [6, 6.07) is 10.6. The van der Waals surface area contributed by atoms with Crippen LogP contribution in [0.4, 0.5) is 0 Å². The number of nitrogens with zero attached hydrogens (tertiary/aromatic N) is 2. The van der Waals surface area contributed by atoms with Crippen LogP contribution in [-0.2, 0) is 0 Å². The van der Waals surface area contributed by atoms with Gasteiger partial charge in [-0.15, -0.1) is 0 Å². The average molecular weight is 192 g/mol. The Bertz CT molecular complexity index is 420. The summed E-state index contributed by atoms with van der Waals surface area (Å²) in [5, 5.41) is 4.82. The van der Waals surface area contributed by atoms with Gasteiger partial charge in [-0.05, 0) is 19.1 Å². The molecule has 13 heavy (non-hydrogen) atoms. The first-order valence-electron chi connectivity index (χ1n) is 3.96. The van der Waals surface area contributed by atoms with Gasteiger partial charge in [0.1, 0.15) is 0 Å². The normalized spacial score (nSPS) is 10.3. The minimum Gasteiger partial charge on any atom is -0.236 e. The van der Waals surface area contributed by atoms with E-state index in [1.807, 2.05) is 31.2 Å². The third kappa shape index (κ3) is 1.45. The molecule has 0 aliphatic heterocycles. The summed E-state index contributed by atoms with van der Waals surface area (Å²) in [5.41, 5.74) is 1.84. The van der Waals surface area contributed by atoms with Crippen molar-refractivity contribution in [2.24, 2.45) is 0 Å². The van der Waals surface area contributed by atoms with Crippen LogP contribution in [0.1, 0.15) is 5.69 Å². The Hall–Kier alpha value is -1.28. The first-order chi connectivity index (χ1) is 6.29. The molecule has 0 bridgehead atoms. The van der Waals surface area contributed by atoms with Gasteiger partial charge in [-0.25, -0.2) is 4.68 Å². The van der Waals surface area contributed by atoms with Crippen molar-refractivity contribution >= 4 is 11.6 Å². The second kappa shape index (κ2) is 3.23. The minimum atomic E-state index is 0.697. The SMILES string of the molecule is Cc1[c]cnn1-c1ccccc1Cl. The molecule has 0 spiro atoms. The van der Waals surface area contributed by atoms with Gasteiger partial charge in [0.05, 0.1) is 16.9 Å². The molecule has 65 valence electrons. The molecule has 1 radical (unpaired) electrons. The van der Waals surface area contributed by atoms with Crippen LogP contribution in [0.5, 0.6) is 0 Å². The van der Waals surface area contributed by atoms with E-state index in [4.69, 9.17) is 11.6 Å². The van der Waals surface area contributed by atoms with Gasteiger partial charge in [0.15, 0.2) is 0 Å². The number of hydrogen-bond donors (Lipinski definition) is 0. The Kier molecular flexibility index (Phi) is 2.07. The fourth-order valence-electron chi connectivity index (χ4n) is 1.19. The van der Waals surface area contributed by atoms with Gasteiger partial charge in [-0.2, -0.15) is 5.10 Å². The maximum absolute atomic E-state index is 6.01. The minimum absolute atomic E-state index is 0.697. The van der Waals surface area contributed by atoms with Crippen LogP contribution in [0.15, 0.2) is 30.5 Å². The zero-order chi connectivity index (χ0) is 9.26. The lowest BCUT2D eigenvalue weighted by atomic mass is 10.3. The zero-order valence-corrected chi connectivity index (χ0v) is 7.92. The third-order valence-corrected chi connectivity index (χ3v) is 2.16. The predicted octanol–water partition coefficient (Wildman–Crippen LogP) is 2.63. The van der Waals surface area contributed by atoms with Crippen LogP contribution in [0.3, 0.4) is 0 Å². The van der Waals surface area contributed by atoms with Crippen LogP contribution in [0, 0.1) is 13.0 Å². The van der Waals surface area contributed by atoms with Crippen molar-refractivity contribution in [2.75, 3.05) is 0 Å². The molecule has 0 unspecified atom stereocenters. The third-order valence-electron chi connectivity index (χ3n) is 1.84. The summed E-state index contributed by atoms with van der Waals surface area (Å²) < 4.78 is 1.77. The van der Waals surface area contributed by atoms with E-state index in [0.29, 0.717) is 5.02 Å². The molecule has 0 atom stereocenters. The summed E-state index contributed by atoms with van der Waals surface area (Å²) in [7, 11) is 0. The van der Waals surface area contributed by atoms with Gasteiger partial charge in [0.2, 0.25) is 0 Å². The van der Waals surface area contributed by atoms with E-state index in [2.05, 4.69) is 11.2 Å². The van der Waals surface area contributed by atoms with E-state index in [0.717, 1.165) is 11.4 Å². The van der Waals surface area contributed by atoms with Crippen LogP contribution in [0.2, 0.25) is 5.02 Å². The molecule has 2 rings (SSSR count). The first kappa shape index (κ1) is 8.32. The number of aryl methyl sites for hydroxylation is 1. The molecule has 1 aromatic heterocycles. The molecule has 0 aliphatic rings. The van der Waals surface area contributed by atoms with Crippen molar-refractivity contribution in [3.63, 3.8) is 0 Å². The lowest BCUT2D eigenvalue weighted by Gasteiger charge is -2.05. The smallest absolute Gasteiger partial charge is 0.0835 e. The fraction of sp³-hybridized carbons (Fsp3) is 0.100. The number of para-hydroxylation sites is 1. The van der Waals surface area contributed by atoms with Gasteiger partial charge in [-0.1, -0.05) is 23.7 Å². The van der Waals surface area contributed by atoms with Crippen LogP contribution in [-0.4, -0.2) is 9.78 Å². The van der Waals surface area contributed by atoms with E-state index >= 15 is 0 Å². The Morgan fingerprint density at radius 3 is 2.77 bits per heavy atom. The summed E-state index contributed by atoms with van der Waals surface area (Å²) >= 11 is 6.01. The Balaban J connectivity index is 2.59. The molecular weight excluding hydrogens is 184 g/mol. The molecule has 1 aromatic carbocycles. The summed E-state index contributed by atoms with van der Waals surface area (Å²) in [4.78, 5) is 0. The topological polar surface area (TPSA) is 17.8 Å². The molecule has 0 aliphatic carbocycles. The molecule has 1 heterocycles. The highest BCUT2D eigenvalue weighted by Gasteiger charge is 2.03. The van der Waals surface area contributed by atoms with E-state index in [9.17, 15) is 0 Å². The van der Waals surface area contributed by atoms with E-state index < -0.39 is 0 Å². The molecule has 2 aromatic rings. The first-order valence-corrected chi connectivity index (χ1v) is 4.34. The Labute approximate surface area is 81.8 Å². The highest BCUT2D eigenvalue weighted by molar-refractivity contribution is 6.32. The second-order valence-corrected chi connectivity index (χ2v) is 3.14. The number of benzene rings is 1. The van der Waals surface area contributed by atoms with E-state index in [-0.39, 0.29) is 0 Å². The fourth-order valence-corrected chi connectivity index (χ4v) is 1.41. The van der Waals surface area contributed by atoms with Crippen LogP contribution in [0.25, 0.3) is 5.69 Å². The molecule has 0 fully saturated rings. The van der Waals surface area contributed by atoms with E-state index in [1.54, 1.807) is 10.9 Å². The van der Waals surface area contributed by atoms with Gasteiger partial charge in [0.25, 0.3) is 0 Å². The number of halogens is 1. The number of hydrogen-bond acceptors (Lipinski definition) is 1. The van der Waals surface area contributed by atoms with Gasteiger partial charge < -0.3 is 0 Å². The summed E-state index contributed by atoms with van der Waals surface area (Å²) in [5.74, 6) is 0. The largest absolute Gasteiger partial charge is 0.236 e. The lowest BCUT2D eigenvalue weighted by Crippen LogP contribution is -1.98. The number of aromatic nitrogens is 2. The zero-order valence-electron chi connectivity index (χ0n) is 7.16. The van der Waals surface area contributed by atoms with Gasteiger partial charge in [-0.3, -0.25) is 0 Å². The summed E-state index contributed by atoms with van der Waals surface area (Å²) in [6.07, 6.45) is 1.64. The molecule has 3 heteroatoms. The average Bonchev–Trinajstić information content (AvgIpc) is 2.52. The number of rotatable bonds is 1. The van der Waals surface area contributed by atoms with Crippen molar-refractivity contribution in [1.29, 1.82) is 0 Å². The van der Waals surface area contributed by atoms with Crippen molar-refractivity contribution in [3.05, 3.63) is 47.2 Å². The molecule has 0 saturated carbocycles. The van der Waals surface area contributed by atoms with Gasteiger partial charge >= 0.3 is 0 Å². The molecule has 0 amide bonds. The Morgan fingerprint density at radius 2 is 2.15 bits per heavy atom. The molecule has 0 saturated heterocycles. The van der Waals surface area contributed by atoms with E-state index in [1.165, 1.54) is 0 Å². The van der Waals surface area contributed by atoms with Crippen molar-refractivity contribution in [2.45, 2.75) is 6.92 Å². The predicted molar refractivity (Wildman–Crippen MR) is 52.1 cm³/mol. The van der Waals surface area contributed by atoms with Crippen molar-refractivity contribution in [1.82, 2.24) is 9.78 Å².